The number of carbonyl (C=O) groups excluding carboxylic acids is 2. The minimum absolute atomic E-state index is 0.0736. The average Bonchev–Trinajstić information content (AvgIpc) is 3.25. The first-order valence-corrected chi connectivity index (χ1v) is 10.5. The number of halogens is 1. The fraction of sp³-hybridized carbons (Fsp3) is 0.318. The highest BCUT2D eigenvalue weighted by Crippen LogP contribution is 2.25. The summed E-state index contributed by atoms with van der Waals surface area (Å²) in [6.45, 7) is 5.88. The van der Waals surface area contributed by atoms with Crippen LogP contribution in [0.1, 0.15) is 46.3 Å². The van der Waals surface area contributed by atoms with Gasteiger partial charge in [0.25, 0.3) is 11.8 Å². The molecule has 8 nitrogen and oxygen atoms in total. The number of amides is 2. The molecule has 0 saturated carbocycles. The van der Waals surface area contributed by atoms with Crippen molar-refractivity contribution < 1.29 is 9.59 Å². The maximum atomic E-state index is 13.3. The van der Waals surface area contributed by atoms with Crippen molar-refractivity contribution in [1.29, 1.82) is 0 Å². The monoisotopic (exact) mass is 438 g/mol. The summed E-state index contributed by atoms with van der Waals surface area (Å²) >= 11 is 6.01. The van der Waals surface area contributed by atoms with Gasteiger partial charge in [0.2, 0.25) is 0 Å². The summed E-state index contributed by atoms with van der Waals surface area (Å²) in [7, 11) is 0. The lowest BCUT2D eigenvalue weighted by molar-refractivity contribution is 0.0531. The molecule has 1 fully saturated rings. The van der Waals surface area contributed by atoms with Gasteiger partial charge in [-0.05, 0) is 30.2 Å². The highest BCUT2D eigenvalue weighted by molar-refractivity contribution is 6.30. The van der Waals surface area contributed by atoms with Gasteiger partial charge in [-0.15, -0.1) is 0 Å². The van der Waals surface area contributed by atoms with E-state index in [0.29, 0.717) is 42.5 Å². The predicted molar refractivity (Wildman–Crippen MR) is 117 cm³/mol. The number of carbonyl (C=O) groups is 2. The van der Waals surface area contributed by atoms with Crippen molar-refractivity contribution in [2.45, 2.75) is 19.8 Å². The second-order valence-corrected chi connectivity index (χ2v) is 8.10. The molecule has 2 aromatic heterocycles. The van der Waals surface area contributed by atoms with E-state index in [1.807, 2.05) is 26.0 Å². The van der Waals surface area contributed by atoms with E-state index in [1.54, 1.807) is 32.8 Å². The first-order chi connectivity index (χ1) is 15.0. The first kappa shape index (κ1) is 21.0. The Hall–Kier alpha value is -3.26. The van der Waals surface area contributed by atoms with Crippen LogP contribution in [0.15, 0.2) is 49.1 Å². The maximum absolute atomic E-state index is 13.3. The van der Waals surface area contributed by atoms with Gasteiger partial charge in [0.15, 0.2) is 0 Å². The molecule has 0 N–H and O–H groups in total. The Kier molecular flexibility index (Phi) is 5.99. The van der Waals surface area contributed by atoms with Gasteiger partial charge in [-0.1, -0.05) is 25.4 Å². The molecule has 0 unspecified atom stereocenters. The zero-order valence-corrected chi connectivity index (χ0v) is 18.2. The maximum Gasteiger partial charge on any atom is 0.274 e. The van der Waals surface area contributed by atoms with Gasteiger partial charge < -0.3 is 9.80 Å². The third kappa shape index (κ3) is 4.29. The second-order valence-electron chi connectivity index (χ2n) is 7.66. The van der Waals surface area contributed by atoms with Crippen LogP contribution in [0, 0.1) is 0 Å². The molecule has 1 aliphatic heterocycles. The molecule has 1 aliphatic rings. The standard InChI is InChI=1S/C22H23ClN6O2/c1-15(2)20-18(13-26-29(20)17-5-3-16(23)4-6-17)21(30)27-9-11-28(12-10-27)22(31)19-14-24-7-8-25-19/h3-8,13-15H,9-12H2,1-2H3. The zero-order valence-electron chi connectivity index (χ0n) is 17.4. The lowest BCUT2D eigenvalue weighted by Crippen LogP contribution is -2.50. The van der Waals surface area contributed by atoms with Crippen LogP contribution in [-0.2, 0) is 0 Å². The van der Waals surface area contributed by atoms with Gasteiger partial charge >= 0.3 is 0 Å². The highest BCUT2D eigenvalue weighted by Gasteiger charge is 2.29. The topological polar surface area (TPSA) is 84.2 Å². The molecular formula is C22H23ClN6O2. The fourth-order valence-corrected chi connectivity index (χ4v) is 3.85. The minimum atomic E-state index is -0.168. The number of hydrogen-bond donors (Lipinski definition) is 0. The van der Waals surface area contributed by atoms with E-state index < -0.39 is 0 Å². The number of benzene rings is 1. The van der Waals surface area contributed by atoms with Crippen molar-refractivity contribution in [3.05, 3.63) is 71.0 Å². The number of nitrogens with zero attached hydrogens (tertiary/aromatic N) is 6. The summed E-state index contributed by atoms with van der Waals surface area (Å²) in [6, 6.07) is 7.37. The van der Waals surface area contributed by atoms with Crippen LogP contribution in [0.25, 0.3) is 5.69 Å². The molecule has 0 aliphatic carbocycles. The molecule has 4 rings (SSSR count). The molecule has 0 radical (unpaired) electrons. The molecule has 0 spiro atoms. The smallest absolute Gasteiger partial charge is 0.274 e. The van der Waals surface area contributed by atoms with Crippen molar-refractivity contribution in [2.75, 3.05) is 26.2 Å². The molecular weight excluding hydrogens is 416 g/mol. The van der Waals surface area contributed by atoms with E-state index >= 15 is 0 Å². The summed E-state index contributed by atoms with van der Waals surface area (Å²) in [5.41, 5.74) is 2.60. The number of rotatable bonds is 4. The van der Waals surface area contributed by atoms with Crippen LogP contribution in [-0.4, -0.2) is 67.5 Å². The van der Waals surface area contributed by atoms with Crippen LogP contribution in [0.3, 0.4) is 0 Å². The van der Waals surface area contributed by atoms with E-state index in [9.17, 15) is 9.59 Å². The Bertz CT molecular complexity index is 1070. The molecule has 2 amide bonds. The summed E-state index contributed by atoms with van der Waals surface area (Å²) in [4.78, 5) is 37.4. The quantitative estimate of drug-likeness (QED) is 0.625. The van der Waals surface area contributed by atoms with Crippen LogP contribution in [0.5, 0.6) is 0 Å². The van der Waals surface area contributed by atoms with Crippen molar-refractivity contribution in [1.82, 2.24) is 29.5 Å². The van der Waals surface area contributed by atoms with Crippen molar-refractivity contribution in [3.8, 4) is 5.69 Å². The molecule has 1 saturated heterocycles. The molecule has 3 heterocycles. The predicted octanol–water partition coefficient (Wildman–Crippen LogP) is 3.04. The Morgan fingerprint density at radius 2 is 1.58 bits per heavy atom. The van der Waals surface area contributed by atoms with Crippen LogP contribution in [0.4, 0.5) is 0 Å². The van der Waals surface area contributed by atoms with Gasteiger partial charge in [0.05, 0.1) is 29.3 Å². The third-order valence-corrected chi connectivity index (χ3v) is 5.54. The Balaban J connectivity index is 1.50. The van der Waals surface area contributed by atoms with E-state index in [4.69, 9.17) is 11.6 Å². The normalized spacial score (nSPS) is 14.2. The lowest BCUT2D eigenvalue weighted by Gasteiger charge is -2.34. The summed E-state index contributed by atoms with van der Waals surface area (Å²) in [6.07, 6.45) is 6.12. The van der Waals surface area contributed by atoms with E-state index in [1.165, 1.54) is 18.6 Å². The summed E-state index contributed by atoms with van der Waals surface area (Å²) in [5, 5.41) is 5.13. The SMILES string of the molecule is CC(C)c1c(C(=O)N2CCN(C(=O)c3cnccn3)CC2)cnn1-c1ccc(Cl)cc1. The second kappa shape index (κ2) is 8.85. The van der Waals surface area contributed by atoms with Crippen LogP contribution >= 0.6 is 11.6 Å². The molecule has 31 heavy (non-hydrogen) atoms. The molecule has 1 aromatic carbocycles. The molecule has 0 atom stereocenters. The number of piperazine rings is 1. The van der Waals surface area contributed by atoms with E-state index in [0.717, 1.165) is 11.4 Å². The van der Waals surface area contributed by atoms with Gasteiger partial charge in [-0.25, -0.2) is 9.67 Å². The molecule has 160 valence electrons. The highest BCUT2D eigenvalue weighted by atomic mass is 35.5. The molecule has 9 heteroatoms. The van der Waals surface area contributed by atoms with Crippen molar-refractivity contribution in [2.24, 2.45) is 0 Å². The van der Waals surface area contributed by atoms with Gasteiger partial charge in [-0.2, -0.15) is 5.10 Å². The first-order valence-electron chi connectivity index (χ1n) is 10.1. The Labute approximate surface area is 185 Å². The lowest BCUT2D eigenvalue weighted by atomic mass is 10.0. The Morgan fingerprint density at radius 1 is 0.935 bits per heavy atom. The van der Waals surface area contributed by atoms with Crippen molar-refractivity contribution >= 4 is 23.4 Å². The van der Waals surface area contributed by atoms with Gasteiger partial charge in [0.1, 0.15) is 5.69 Å². The van der Waals surface area contributed by atoms with Crippen molar-refractivity contribution in [3.63, 3.8) is 0 Å². The fourth-order valence-electron chi connectivity index (χ4n) is 3.72. The largest absolute Gasteiger partial charge is 0.335 e. The van der Waals surface area contributed by atoms with Gasteiger partial charge in [-0.3, -0.25) is 14.6 Å². The number of hydrogen-bond acceptors (Lipinski definition) is 5. The summed E-state index contributed by atoms with van der Waals surface area (Å²) in [5.74, 6) is -0.147. The van der Waals surface area contributed by atoms with Crippen LogP contribution in [0.2, 0.25) is 5.02 Å². The molecule has 0 bridgehead atoms. The van der Waals surface area contributed by atoms with Gasteiger partial charge in [0, 0.05) is 43.6 Å². The van der Waals surface area contributed by atoms with E-state index in [-0.39, 0.29) is 17.7 Å². The Morgan fingerprint density at radius 3 is 2.16 bits per heavy atom. The van der Waals surface area contributed by atoms with Crippen LogP contribution < -0.4 is 0 Å². The van der Waals surface area contributed by atoms with E-state index in [2.05, 4.69) is 15.1 Å². The minimum Gasteiger partial charge on any atom is -0.335 e. The average molecular weight is 439 g/mol. The summed E-state index contributed by atoms with van der Waals surface area (Å²) < 4.78 is 1.79. The molecule has 3 aromatic rings. The number of aromatic nitrogens is 4. The third-order valence-electron chi connectivity index (χ3n) is 5.29. The zero-order chi connectivity index (χ0) is 22.0.